The van der Waals surface area contributed by atoms with Crippen LogP contribution in [0.25, 0.3) is 20.9 Å². The number of ether oxygens (including phenoxy) is 1. The van der Waals surface area contributed by atoms with Crippen molar-refractivity contribution >= 4 is 21.6 Å². The highest BCUT2D eigenvalue weighted by atomic mass is 32.2. The van der Waals surface area contributed by atoms with Crippen molar-refractivity contribution in [3.8, 4) is 0 Å². The summed E-state index contributed by atoms with van der Waals surface area (Å²) in [4.78, 5) is 28.0. The molecule has 28 heavy (non-hydrogen) atoms. The fraction of sp³-hybridized carbons (Fsp3) is 0.875. The van der Waals surface area contributed by atoms with Crippen LogP contribution in [0.5, 0.6) is 0 Å². The first-order valence-electron chi connectivity index (χ1n) is 8.63. The molecule has 0 spiro atoms. The summed E-state index contributed by atoms with van der Waals surface area (Å²) in [6.07, 6.45) is 1.88. The van der Waals surface area contributed by atoms with E-state index in [0.717, 1.165) is 6.26 Å². The Balaban J connectivity index is 0. The lowest BCUT2D eigenvalue weighted by Crippen LogP contribution is -2.31. The maximum Gasteiger partial charge on any atom is 0.311 e. The summed E-state index contributed by atoms with van der Waals surface area (Å²) in [6, 6.07) is 0. The van der Waals surface area contributed by atoms with Crippen LogP contribution in [-0.2, 0) is 24.2 Å². The number of esters is 1. The average Bonchev–Trinajstić information content (AvgIpc) is 2.54. The van der Waals surface area contributed by atoms with E-state index >= 15 is 0 Å². The molecule has 0 rings (SSSR count). The van der Waals surface area contributed by atoms with Crippen molar-refractivity contribution in [3.63, 3.8) is 0 Å². The molecule has 0 heterocycles. The van der Waals surface area contributed by atoms with E-state index in [1.54, 1.807) is 34.6 Å². The van der Waals surface area contributed by atoms with Crippen LogP contribution in [0.3, 0.4) is 0 Å². The standard InChI is InChI=1S/C8H15N3O3S.C8H15N3O2/c1-8(2,4-5-10-11-9)7(12)6-15(3,13)14;1-4-13-7(12)8(2,3)5-6-10-11-9/h4-6H2,1-3H3;4-6H2,1-3H3. The lowest BCUT2D eigenvalue weighted by molar-refractivity contribution is -0.153. The van der Waals surface area contributed by atoms with Gasteiger partial charge in [-0.2, -0.15) is 0 Å². The van der Waals surface area contributed by atoms with Gasteiger partial charge in [-0.05, 0) is 44.7 Å². The largest absolute Gasteiger partial charge is 0.466 e. The van der Waals surface area contributed by atoms with Crippen LogP contribution >= 0.6 is 0 Å². The third-order valence-electron chi connectivity index (χ3n) is 3.78. The number of carbonyl (C=O) groups excluding carboxylic acids is 2. The zero-order valence-electron chi connectivity index (χ0n) is 17.4. The molecule has 0 unspecified atom stereocenters. The molecule has 0 N–H and O–H groups in total. The minimum Gasteiger partial charge on any atom is -0.466 e. The molecule has 0 radical (unpaired) electrons. The number of ketones is 1. The zero-order valence-corrected chi connectivity index (χ0v) is 18.2. The monoisotopic (exact) mass is 418 g/mol. The van der Waals surface area contributed by atoms with E-state index in [0.29, 0.717) is 26.0 Å². The van der Waals surface area contributed by atoms with Crippen LogP contribution in [-0.4, -0.2) is 51.9 Å². The Morgan fingerprint density at radius 3 is 1.75 bits per heavy atom. The van der Waals surface area contributed by atoms with Crippen LogP contribution in [0.4, 0.5) is 0 Å². The van der Waals surface area contributed by atoms with E-state index in [9.17, 15) is 18.0 Å². The first-order chi connectivity index (χ1) is 12.7. The number of azide groups is 2. The van der Waals surface area contributed by atoms with E-state index in [4.69, 9.17) is 15.8 Å². The van der Waals surface area contributed by atoms with Gasteiger partial charge in [0.25, 0.3) is 0 Å². The van der Waals surface area contributed by atoms with Gasteiger partial charge in [-0.15, -0.1) is 0 Å². The molecule has 0 aliphatic rings. The smallest absolute Gasteiger partial charge is 0.311 e. The maximum absolute atomic E-state index is 11.6. The van der Waals surface area contributed by atoms with Gasteiger partial charge in [0.2, 0.25) is 0 Å². The van der Waals surface area contributed by atoms with Crippen molar-refractivity contribution < 1.29 is 22.7 Å². The van der Waals surface area contributed by atoms with Crippen molar-refractivity contribution in [3.05, 3.63) is 20.9 Å². The van der Waals surface area contributed by atoms with Gasteiger partial charge in [0.05, 0.1) is 12.0 Å². The molecule has 12 heteroatoms. The van der Waals surface area contributed by atoms with Crippen molar-refractivity contribution in [1.29, 1.82) is 0 Å². The maximum atomic E-state index is 11.6. The highest BCUT2D eigenvalue weighted by Gasteiger charge is 2.29. The van der Waals surface area contributed by atoms with Crippen LogP contribution in [0.2, 0.25) is 0 Å². The molecule has 0 aromatic carbocycles. The predicted octanol–water partition coefficient (Wildman–Crippen LogP) is 3.60. The van der Waals surface area contributed by atoms with Crippen molar-refractivity contribution in [2.45, 2.75) is 47.5 Å². The van der Waals surface area contributed by atoms with E-state index < -0.39 is 26.4 Å². The van der Waals surface area contributed by atoms with Gasteiger partial charge in [0.15, 0.2) is 15.6 Å². The molecule has 11 nitrogen and oxygen atoms in total. The number of Topliss-reactive ketones (excluding diaryl/α,β-unsaturated/α-hetero) is 1. The number of carbonyl (C=O) groups is 2. The molecule has 0 atom stereocenters. The third kappa shape index (κ3) is 13.9. The number of hydrogen-bond donors (Lipinski definition) is 0. The highest BCUT2D eigenvalue weighted by Crippen LogP contribution is 2.23. The molecule has 0 saturated heterocycles. The number of rotatable bonds is 11. The molecule has 0 fully saturated rings. The van der Waals surface area contributed by atoms with Crippen molar-refractivity contribution in [2.75, 3.05) is 31.7 Å². The molecular weight excluding hydrogens is 388 g/mol. The minimum atomic E-state index is -3.29. The lowest BCUT2D eigenvalue weighted by atomic mass is 9.85. The van der Waals surface area contributed by atoms with Crippen molar-refractivity contribution in [2.24, 2.45) is 21.1 Å². The van der Waals surface area contributed by atoms with Crippen molar-refractivity contribution in [1.82, 2.24) is 0 Å². The Morgan fingerprint density at radius 2 is 1.39 bits per heavy atom. The molecule has 0 aliphatic carbocycles. The van der Waals surface area contributed by atoms with E-state index in [2.05, 4.69) is 20.1 Å². The molecule has 160 valence electrons. The van der Waals surface area contributed by atoms with E-state index in [1.807, 2.05) is 0 Å². The summed E-state index contributed by atoms with van der Waals surface area (Å²) in [5.74, 6) is -1.06. The first kappa shape index (κ1) is 27.9. The molecule has 0 aliphatic heterocycles. The molecule has 0 saturated carbocycles. The van der Waals surface area contributed by atoms with E-state index in [-0.39, 0.29) is 18.3 Å². The summed E-state index contributed by atoms with van der Waals surface area (Å²) < 4.78 is 26.7. The predicted molar refractivity (Wildman–Crippen MR) is 106 cm³/mol. The van der Waals surface area contributed by atoms with Crippen LogP contribution in [0.15, 0.2) is 10.2 Å². The summed E-state index contributed by atoms with van der Waals surface area (Å²) in [6.45, 7) is 9.50. The van der Waals surface area contributed by atoms with Gasteiger partial charge in [-0.25, -0.2) is 8.42 Å². The topological polar surface area (TPSA) is 175 Å². The Labute approximate surface area is 166 Å². The average molecular weight is 419 g/mol. The summed E-state index contributed by atoms with van der Waals surface area (Å²) in [5.41, 5.74) is 14.8. The SMILES string of the molecule is CC(C)(CCN=[N+]=[N-])C(=O)CS(C)(=O)=O.CCOC(=O)C(C)(C)CCN=[N+]=[N-]. The Morgan fingerprint density at radius 1 is 0.964 bits per heavy atom. The van der Waals surface area contributed by atoms with Gasteiger partial charge < -0.3 is 4.74 Å². The summed E-state index contributed by atoms with van der Waals surface area (Å²) in [5, 5.41) is 6.69. The normalized spacial score (nSPS) is 11.2. The second-order valence-corrected chi connectivity index (χ2v) is 9.53. The second-order valence-electron chi connectivity index (χ2n) is 7.39. The lowest BCUT2D eigenvalue weighted by Gasteiger charge is -2.21. The Kier molecular flexibility index (Phi) is 12.9. The van der Waals surface area contributed by atoms with Crippen LogP contribution in [0.1, 0.15) is 47.5 Å². The van der Waals surface area contributed by atoms with E-state index in [1.165, 1.54) is 0 Å². The van der Waals surface area contributed by atoms with Gasteiger partial charge in [0, 0.05) is 34.6 Å². The Bertz CT molecular complexity index is 720. The third-order valence-corrected chi connectivity index (χ3v) is 4.56. The fourth-order valence-corrected chi connectivity index (χ4v) is 2.62. The van der Waals surface area contributed by atoms with Gasteiger partial charge in [-0.1, -0.05) is 24.1 Å². The second kappa shape index (κ2) is 13.0. The molecular formula is C16H30N6O5S. The number of nitrogens with zero attached hydrogens (tertiary/aromatic N) is 6. The fourth-order valence-electron chi connectivity index (χ4n) is 1.75. The minimum absolute atomic E-state index is 0.193. The first-order valence-corrected chi connectivity index (χ1v) is 10.7. The number of hydrogen-bond acceptors (Lipinski definition) is 7. The highest BCUT2D eigenvalue weighted by molar-refractivity contribution is 7.91. The molecule has 0 bridgehead atoms. The quantitative estimate of drug-likeness (QED) is 0.215. The summed E-state index contributed by atoms with van der Waals surface area (Å²) in [7, 11) is -3.29. The molecule has 0 amide bonds. The van der Waals surface area contributed by atoms with Gasteiger partial charge in [-0.3, -0.25) is 9.59 Å². The zero-order chi connectivity index (χ0) is 22.4. The molecule has 0 aromatic heterocycles. The number of sulfone groups is 1. The van der Waals surface area contributed by atoms with Crippen LogP contribution < -0.4 is 0 Å². The summed E-state index contributed by atoms with van der Waals surface area (Å²) >= 11 is 0. The Hall–Kier alpha value is -2.29. The van der Waals surface area contributed by atoms with Gasteiger partial charge in [0.1, 0.15) is 5.75 Å². The molecule has 0 aromatic rings. The van der Waals surface area contributed by atoms with Crippen LogP contribution in [0, 0.1) is 10.8 Å². The van der Waals surface area contributed by atoms with Gasteiger partial charge >= 0.3 is 5.97 Å².